The molecule has 0 bridgehead atoms. The summed E-state index contributed by atoms with van der Waals surface area (Å²) in [6.45, 7) is 0. The summed E-state index contributed by atoms with van der Waals surface area (Å²) < 4.78 is 26.7. The van der Waals surface area contributed by atoms with Crippen LogP contribution in [0.1, 0.15) is 10.5 Å². The fourth-order valence-corrected chi connectivity index (χ4v) is 1.79. The van der Waals surface area contributed by atoms with Crippen LogP contribution in [0.4, 0.5) is 14.5 Å². The van der Waals surface area contributed by atoms with Gasteiger partial charge in [-0.25, -0.2) is 23.7 Å². The third kappa shape index (κ3) is 4.57. The van der Waals surface area contributed by atoms with Crippen LogP contribution < -0.4 is 10.6 Å². The van der Waals surface area contributed by atoms with Crippen molar-refractivity contribution in [3.8, 4) is 0 Å². The van der Waals surface area contributed by atoms with Gasteiger partial charge in [-0.3, -0.25) is 4.79 Å². The summed E-state index contributed by atoms with van der Waals surface area (Å²) in [5, 5.41) is 4.55. The van der Waals surface area contributed by atoms with E-state index in [0.29, 0.717) is 4.47 Å². The third-order valence-electron chi connectivity index (χ3n) is 2.44. The van der Waals surface area contributed by atoms with E-state index >= 15 is 0 Å². The van der Waals surface area contributed by atoms with Crippen LogP contribution in [0.5, 0.6) is 0 Å². The number of anilines is 1. The fourth-order valence-electron chi connectivity index (χ4n) is 1.45. The Labute approximate surface area is 137 Å². The van der Waals surface area contributed by atoms with Crippen LogP contribution in [-0.2, 0) is 0 Å². The molecule has 0 saturated carbocycles. The Hall–Kier alpha value is -1.87. The van der Waals surface area contributed by atoms with Gasteiger partial charge in [-0.1, -0.05) is 0 Å². The summed E-state index contributed by atoms with van der Waals surface area (Å²) in [7, 11) is 0. The second kappa shape index (κ2) is 7.41. The maximum absolute atomic E-state index is 13.0. The summed E-state index contributed by atoms with van der Waals surface area (Å²) >= 11 is 8.68. The number of hydrogen-bond acceptors (Lipinski definition) is 5. The zero-order chi connectivity index (χ0) is 16.1. The monoisotopic (exact) mass is 391 g/mol. The lowest BCUT2D eigenvalue weighted by molar-refractivity contribution is 0.0790. The van der Waals surface area contributed by atoms with Gasteiger partial charge in [-0.15, -0.1) is 0 Å². The minimum Gasteiger partial charge on any atom is -0.358 e. The lowest BCUT2D eigenvalue weighted by Crippen LogP contribution is -2.45. The smallest absolute Gasteiger partial charge is 0.276 e. The van der Waals surface area contributed by atoms with Crippen molar-refractivity contribution < 1.29 is 13.6 Å². The van der Waals surface area contributed by atoms with E-state index in [-0.39, 0.29) is 16.7 Å². The zero-order valence-electron chi connectivity index (χ0n) is 10.8. The predicted molar refractivity (Wildman–Crippen MR) is 79.9 cm³/mol. The summed E-state index contributed by atoms with van der Waals surface area (Å²) in [6.07, 6.45) is -0.617. The summed E-state index contributed by atoms with van der Waals surface area (Å²) in [6, 6.07) is 2.99. The van der Waals surface area contributed by atoms with E-state index in [9.17, 15) is 13.6 Å². The normalized spacial score (nSPS) is 12.0. The first-order valence-corrected chi connectivity index (χ1v) is 7.07. The molecule has 22 heavy (non-hydrogen) atoms. The molecule has 0 aliphatic heterocycles. The van der Waals surface area contributed by atoms with E-state index in [4.69, 9.17) is 11.6 Å². The van der Waals surface area contributed by atoms with Gasteiger partial charge in [0.05, 0.1) is 18.1 Å². The molecule has 10 heteroatoms. The van der Waals surface area contributed by atoms with Gasteiger partial charge in [0.2, 0.25) is 5.28 Å². The van der Waals surface area contributed by atoms with E-state index in [0.717, 1.165) is 0 Å². The lowest BCUT2D eigenvalue weighted by atomic mass is 10.3. The number of alkyl halides is 2. The number of nitrogens with one attached hydrogen (secondary N) is 2. The zero-order valence-corrected chi connectivity index (χ0v) is 13.1. The molecule has 6 nitrogen and oxygen atoms in total. The number of carbonyl (C=O) groups excluding carboxylic acids is 1. The topological polar surface area (TPSA) is 79.8 Å². The molecule has 0 fully saturated rings. The highest BCUT2D eigenvalue weighted by molar-refractivity contribution is 9.10. The number of amides is 1. The highest BCUT2D eigenvalue weighted by Crippen LogP contribution is 2.12. The largest absolute Gasteiger partial charge is 0.358 e. The van der Waals surface area contributed by atoms with Crippen molar-refractivity contribution in [3.05, 3.63) is 46.2 Å². The Kier molecular flexibility index (Phi) is 5.56. The molecule has 2 aromatic rings. The van der Waals surface area contributed by atoms with Crippen molar-refractivity contribution >= 4 is 39.1 Å². The minimum atomic E-state index is -2.85. The Balaban J connectivity index is 2.06. The van der Waals surface area contributed by atoms with Crippen molar-refractivity contribution in [2.45, 2.75) is 12.6 Å². The predicted octanol–water partition coefficient (Wildman–Crippen LogP) is 2.72. The van der Waals surface area contributed by atoms with Crippen molar-refractivity contribution in [1.82, 2.24) is 20.3 Å². The van der Waals surface area contributed by atoms with E-state index < -0.39 is 18.5 Å². The molecular weight excluding hydrogens is 384 g/mol. The van der Waals surface area contributed by atoms with Gasteiger partial charge >= 0.3 is 0 Å². The van der Waals surface area contributed by atoms with Gasteiger partial charge in [0.15, 0.2) is 6.17 Å². The first kappa shape index (κ1) is 16.5. The number of halogens is 4. The van der Waals surface area contributed by atoms with Gasteiger partial charge in [-0.05, 0) is 39.7 Å². The third-order valence-corrected chi connectivity index (χ3v) is 3.11. The van der Waals surface area contributed by atoms with Crippen LogP contribution in [0, 0.1) is 0 Å². The molecule has 0 radical (unpaired) electrons. The maximum Gasteiger partial charge on any atom is 0.276 e. The standard InChI is InChI=1S/C12H9BrClF2N5O/c13-6-1-2-8(17-3-6)11(22)21-10(9(15)16)20-7-4-18-12(14)19-5-7/h1-5,9-10,20H,(H,21,22). The Bertz CT molecular complexity index is 641. The van der Waals surface area contributed by atoms with Crippen molar-refractivity contribution in [2.24, 2.45) is 0 Å². The quantitative estimate of drug-likeness (QED) is 0.604. The molecule has 2 rings (SSSR count). The van der Waals surface area contributed by atoms with Gasteiger partial charge < -0.3 is 10.6 Å². The number of hydrogen-bond donors (Lipinski definition) is 2. The van der Waals surface area contributed by atoms with Gasteiger partial charge in [-0.2, -0.15) is 0 Å². The Morgan fingerprint density at radius 1 is 1.18 bits per heavy atom. The molecule has 0 saturated heterocycles. The minimum absolute atomic E-state index is 0.0118. The molecular formula is C12H9BrClF2N5O. The summed E-state index contributed by atoms with van der Waals surface area (Å²) in [5.74, 6) is -0.736. The first-order chi connectivity index (χ1) is 10.5. The highest BCUT2D eigenvalue weighted by Gasteiger charge is 2.23. The number of nitrogens with zero attached hydrogens (tertiary/aromatic N) is 3. The Morgan fingerprint density at radius 3 is 2.41 bits per heavy atom. The van der Waals surface area contributed by atoms with Crippen LogP contribution in [-0.4, -0.2) is 33.5 Å². The molecule has 0 spiro atoms. The second-order valence-electron chi connectivity index (χ2n) is 4.03. The van der Waals surface area contributed by atoms with E-state index in [1.54, 1.807) is 6.07 Å². The molecule has 2 heterocycles. The average molecular weight is 393 g/mol. The van der Waals surface area contributed by atoms with E-state index in [2.05, 4.69) is 41.5 Å². The van der Waals surface area contributed by atoms with Gasteiger partial charge in [0.25, 0.3) is 12.3 Å². The average Bonchev–Trinajstić information content (AvgIpc) is 2.49. The number of pyridine rings is 1. The molecule has 0 aromatic carbocycles. The summed E-state index contributed by atoms with van der Waals surface area (Å²) in [4.78, 5) is 23.0. The highest BCUT2D eigenvalue weighted by atomic mass is 79.9. The fraction of sp³-hybridized carbons (Fsp3) is 0.167. The van der Waals surface area contributed by atoms with Gasteiger partial charge in [0, 0.05) is 10.7 Å². The molecule has 1 amide bonds. The summed E-state index contributed by atoms with van der Waals surface area (Å²) in [5.41, 5.74) is 0.210. The first-order valence-electron chi connectivity index (χ1n) is 5.90. The number of rotatable bonds is 5. The van der Waals surface area contributed by atoms with Crippen LogP contribution in [0.15, 0.2) is 35.2 Å². The maximum atomic E-state index is 13.0. The molecule has 2 N–H and O–H groups in total. The number of aromatic nitrogens is 3. The Morgan fingerprint density at radius 2 is 1.86 bits per heavy atom. The lowest BCUT2D eigenvalue weighted by Gasteiger charge is -2.19. The molecule has 0 aliphatic carbocycles. The van der Waals surface area contributed by atoms with Crippen LogP contribution >= 0.6 is 27.5 Å². The van der Waals surface area contributed by atoms with Crippen molar-refractivity contribution in [1.29, 1.82) is 0 Å². The number of carbonyl (C=O) groups is 1. The van der Waals surface area contributed by atoms with Crippen LogP contribution in [0.3, 0.4) is 0 Å². The molecule has 1 unspecified atom stereocenters. The van der Waals surface area contributed by atoms with Crippen molar-refractivity contribution in [3.63, 3.8) is 0 Å². The van der Waals surface area contributed by atoms with E-state index in [1.807, 2.05) is 0 Å². The van der Waals surface area contributed by atoms with Crippen LogP contribution in [0.25, 0.3) is 0 Å². The SMILES string of the molecule is O=C(NC(Nc1cnc(Cl)nc1)C(F)F)c1ccc(Br)cn1. The van der Waals surface area contributed by atoms with Gasteiger partial charge in [0.1, 0.15) is 5.69 Å². The van der Waals surface area contributed by atoms with Crippen molar-refractivity contribution in [2.75, 3.05) is 5.32 Å². The van der Waals surface area contributed by atoms with Crippen LogP contribution in [0.2, 0.25) is 5.28 Å². The molecule has 2 aromatic heterocycles. The molecule has 1 atom stereocenters. The molecule has 0 aliphatic rings. The second-order valence-corrected chi connectivity index (χ2v) is 5.29. The molecule has 116 valence electrons. The van der Waals surface area contributed by atoms with E-state index in [1.165, 1.54) is 24.7 Å².